The predicted octanol–water partition coefficient (Wildman–Crippen LogP) is 5.84. The van der Waals surface area contributed by atoms with Crippen LogP contribution in [0.3, 0.4) is 0 Å². The van der Waals surface area contributed by atoms with E-state index in [0.717, 1.165) is 11.1 Å². The number of hydrogen-bond donors (Lipinski definition) is 2. The molecular formula is C25H25ClN2O4. The van der Waals surface area contributed by atoms with Gasteiger partial charge in [0.1, 0.15) is 18.1 Å². The van der Waals surface area contributed by atoms with Crippen molar-refractivity contribution in [1.82, 2.24) is 0 Å². The second-order valence-electron chi connectivity index (χ2n) is 7.17. The van der Waals surface area contributed by atoms with Crippen LogP contribution in [0, 0.1) is 6.92 Å². The van der Waals surface area contributed by atoms with Gasteiger partial charge in [-0.3, -0.25) is 9.59 Å². The highest BCUT2D eigenvalue weighted by Crippen LogP contribution is 2.26. The number of rotatable bonds is 8. The van der Waals surface area contributed by atoms with Gasteiger partial charge in [-0.25, -0.2) is 0 Å². The molecule has 3 rings (SSSR count). The SMILES string of the molecule is CCOc1ccc(C(=O)Nc2cccc(NC(C)=O)c2)cc1COc1ccc(Cl)c(C)c1. The molecule has 0 aliphatic carbocycles. The number of aryl methyl sites for hydroxylation is 1. The first kappa shape index (κ1) is 23.2. The first-order chi connectivity index (χ1) is 15.4. The Kier molecular flexibility index (Phi) is 7.73. The fourth-order valence-electron chi connectivity index (χ4n) is 3.08. The maximum absolute atomic E-state index is 12.8. The average Bonchev–Trinajstić information content (AvgIpc) is 2.75. The number of anilines is 2. The number of nitrogens with one attached hydrogen (secondary N) is 2. The lowest BCUT2D eigenvalue weighted by Gasteiger charge is -2.14. The van der Waals surface area contributed by atoms with Crippen LogP contribution in [0.5, 0.6) is 11.5 Å². The van der Waals surface area contributed by atoms with Gasteiger partial charge in [0.2, 0.25) is 5.91 Å². The number of amides is 2. The Labute approximate surface area is 192 Å². The van der Waals surface area contributed by atoms with Crippen molar-refractivity contribution in [2.75, 3.05) is 17.2 Å². The van der Waals surface area contributed by atoms with E-state index in [9.17, 15) is 9.59 Å². The first-order valence-electron chi connectivity index (χ1n) is 10.2. The smallest absolute Gasteiger partial charge is 0.255 e. The lowest BCUT2D eigenvalue weighted by Crippen LogP contribution is -2.13. The summed E-state index contributed by atoms with van der Waals surface area (Å²) in [6.45, 7) is 5.97. The van der Waals surface area contributed by atoms with E-state index < -0.39 is 0 Å². The summed E-state index contributed by atoms with van der Waals surface area (Å²) in [6, 6.07) is 17.6. The molecule has 2 amide bonds. The Bertz CT molecular complexity index is 1130. The molecule has 0 radical (unpaired) electrons. The molecule has 6 nitrogen and oxygen atoms in total. The third-order valence-electron chi connectivity index (χ3n) is 4.59. The Morgan fingerprint density at radius 2 is 1.69 bits per heavy atom. The van der Waals surface area contributed by atoms with E-state index in [1.54, 1.807) is 54.6 Å². The van der Waals surface area contributed by atoms with Gasteiger partial charge in [-0.05, 0) is 74.0 Å². The molecule has 0 aliphatic rings. The summed E-state index contributed by atoms with van der Waals surface area (Å²) in [5.41, 5.74) is 3.31. The summed E-state index contributed by atoms with van der Waals surface area (Å²) in [4.78, 5) is 24.1. The molecule has 0 saturated carbocycles. The lowest BCUT2D eigenvalue weighted by molar-refractivity contribution is -0.114. The molecule has 3 aromatic carbocycles. The van der Waals surface area contributed by atoms with E-state index in [1.165, 1.54) is 6.92 Å². The van der Waals surface area contributed by atoms with Crippen LogP contribution in [-0.2, 0) is 11.4 Å². The molecule has 0 atom stereocenters. The van der Waals surface area contributed by atoms with Gasteiger partial charge >= 0.3 is 0 Å². The molecule has 3 aromatic rings. The molecule has 166 valence electrons. The second kappa shape index (κ2) is 10.7. The largest absolute Gasteiger partial charge is 0.493 e. The van der Waals surface area contributed by atoms with Crippen molar-refractivity contribution in [3.05, 3.63) is 82.4 Å². The van der Waals surface area contributed by atoms with Crippen LogP contribution in [0.1, 0.15) is 35.3 Å². The molecule has 2 N–H and O–H groups in total. The van der Waals surface area contributed by atoms with Gasteiger partial charge < -0.3 is 20.1 Å². The lowest BCUT2D eigenvalue weighted by atomic mass is 10.1. The molecule has 0 aliphatic heterocycles. The number of carbonyl (C=O) groups is 2. The third-order valence-corrected chi connectivity index (χ3v) is 5.01. The number of ether oxygens (including phenoxy) is 2. The highest BCUT2D eigenvalue weighted by Gasteiger charge is 2.12. The molecule has 7 heteroatoms. The minimum atomic E-state index is -0.281. The summed E-state index contributed by atoms with van der Waals surface area (Å²) < 4.78 is 11.6. The topological polar surface area (TPSA) is 76.7 Å². The van der Waals surface area contributed by atoms with Crippen LogP contribution >= 0.6 is 11.6 Å². The van der Waals surface area contributed by atoms with E-state index in [0.29, 0.717) is 40.1 Å². The maximum atomic E-state index is 12.8. The van der Waals surface area contributed by atoms with Gasteiger partial charge in [-0.2, -0.15) is 0 Å². The van der Waals surface area contributed by atoms with Crippen molar-refractivity contribution >= 4 is 34.8 Å². The van der Waals surface area contributed by atoms with Gasteiger partial charge in [0.05, 0.1) is 6.61 Å². The minimum Gasteiger partial charge on any atom is -0.493 e. The van der Waals surface area contributed by atoms with Crippen molar-refractivity contribution in [1.29, 1.82) is 0 Å². The summed E-state index contributed by atoms with van der Waals surface area (Å²) >= 11 is 6.08. The van der Waals surface area contributed by atoms with E-state index >= 15 is 0 Å². The van der Waals surface area contributed by atoms with E-state index in [-0.39, 0.29) is 18.4 Å². The zero-order valence-electron chi connectivity index (χ0n) is 18.2. The van der Waals surface area contributed by atoms with E-state index in [2.05, 4.69) is 10.6 Å². The summed E-state index contributed by atoms with van der Waals surface area (Å²) in [5, 5.41) is 6.22. The average molecular weight is 453 g/mol. The fourth-order valence-corrected chi connectivity index (χ4v) is 3.20. The zero-order chi connectivity index (χ0) is 23.1. The van der Waals surface area contributed by atoms with Crippen molar-refractivity contribution in [3.8, 4) is 11.5 Å². The molecule has 0 bridgehead atoms. The first-order valence-corrected chi connectivity index (χ1v) is 10.6. The normalized spacial score (nSPS) is 10.4. The van der Waals surface area contributed by atoms with Crippen molar-refractivity contribution in [2.45, 2.75) is 27.4 Å². The zero-order valence-corrected chi connectivity index (χ0v) is 19.0. The maximum Gasteiger partial charge on any atom is 0.255 e. The van der Waals surface area contributed by atoms with Crippen molar-refractivity contribution in [3.63, 3.8) is 0 Å². The van der Waals surface area contributed by atoms with Gasteiger partial charge in [0.15, 0.2) is 0 Å². The Morgan fingerprint density at radius 3 is 2.38 bits per heavy atom. The minimum absolute atomic E-state index is 0.180. The van der Waals surface area contributed by atoms with Crippen molar-refractivity contribution < 1.29 is 19.1 Å². The molecule has 0 aromatic heterocycles. The van der Waals surface area contributed by atoms with Crippen LogP contribution in [0.4, 0.5) is 11.4 Å². The molecule has 0 unspecified atom stereocenters. The predicted molar refractivity (Wildman–Crippen MR) is 127 cm³/mol. The summed E-state index contributed by atoms with van der Waals surface area (Å²) in [5.74, 6) is 0.874. The van der Waals surface area contributed by atoms with Gasteiger partial charge in [-0.1, -0.05) is 17.7 Å². The molecule has 0 fully saturated rings. The molecular weight excluding hydrogens is 428 g/mol. The van der Waals surface area contributed by atoms with Crippen LogP contribution < -0.4 is 20.1 Å². The molecule has 32 heavy (non-hydrogen) atoms. The highest BCUT2D eigenvalue weighted by atomic mass is 35.5. The third kappa shape index (κ3) is 6.25. The van der Waals surface area contributed by atoms with E-state index in [4.69, 9.17) is 21.1 Å². The van der Waals surface area contributed by atoms with Crippen LogP contribution in [0.25, 0.3) is 0 Å². The number of halogens is 1. The van der Waals surface area contributed by atoms with Crippen LogP contribution in [-0.4, -0.2) is 18.4 Å². The standard InChI is InChI=1S/C25H25ClN2O4/c1-4-31-24-11-8-18(13-19(24)15-32-22-9-10-23(26)16(2)12-22)25(30)28-21-7-5-6-20(14-21)27-17(3)29/h5-14H,4,15H2,1-3H3,(H,27,29)(H,28,30). The quantitative estimate of drug-likeness (QED) is 0.450. The Morgan fingerprint density at radius 1 is 0.938 bits per heavy atom. The van der Waals surface area contributed by atoms with Gasteiger partial charge in [0.25, 0.3) is 5.91 Å². The molecule has 0 heterocycles. The number of benzene rings is 3. The van der Waals surface area contributed by atoms with Gasteiger partial charge in [0, 0.05) is 34.4 Å². The number of carbonyl (C=O) groups excluding carboxylic acids is 2. The summed E-state index contributed by atoms with van der Waals surface area (Å²) in [6.07, 6.45) is 0. The van der Waals surface area contributed by atoms with Crippen LogP contribution in [0.2, 0.25) is 5.02 Å². The summed E-state index contributed by atoms with van der Waals surface area (Å²) in [7, 11) is 0. The molecule has 0 saturated heterocycles. The highest BCUT2D eigenvalue weighted by molar-refractivity contribution is 6.31. The van der Waals surface area contributed by atoms with Crippen LogP contribution in [0.15, 0.2) is 60.7 Å². The second-order valence-corrected chi connectivity index (χ2v) is 7.58. The Hall–Kier alpha value is -3.51. The molecule has 0 spiro atoms. The fraction of sp³-hybridized carbons (Fsp3) is 0.200. The monoisotopic (exact) mass is 452 g/mol. The van der Waals surface area contributed by atoms with Gasteiger partial charge in [-0.15, -0.1) is 0 Å². The van der Waals surface area contributed by atoms with Crippen molar-refractivity contribution in [2.24, 2.45) is 0 Å². The van der Waals surface area contributed by atoms with E-state index in [1.807, 2.05) is 19.9 Å². The Balaban J connectivity index is 1.77. The number of hydrogen-bond acceptors (Lipinski definition) is 4.